The van der Waals surface area contributed by atoms with E-state index >= 15 is 0 Å². The Balaban J connectivity index is 2.07. The van der Waals surface area contributed by atoms with Crippen LogP contribution in [0.1, 0.15) is 34.5 Å². The lowest BCUT2D eigenvalue weighted by molar-refractivity contribution is 0.0851. The minimum absolute atomic E-state index is 0.161. The van der Waals surface area contributed by atoms with Crippen LogP contribution in [0.4, 0.5) is 0 Å². The van der Waals surface area contributed by atoms with Gasteiger partial charge in [-0.1, -0.05) is 48.5 Å². The molecule has 0 aromatic heterocycles. The summed E-state index contributed by atoms with van der Waals surface area (Å²) in [4.78, 5) is 12.2. The third kappa shape index (κ3) is 3.25. The molecular weight excluding hydrogens is 250 g/mol. The van der Waals surface area contributed by atoms with Gasteiger partial charge in [-0.2, -0.15) is 0 Å². The van der Waals surface area contributed by atoms with E-state index in [4.69, 9.17) is 0 Å². The zero-order valence-electron chi connectivity index (χ0n) is 11.7. The molecule has 0 unspecified atom stereocenters. The number of carbonyl (C=O) groups is 1. The van der Waals surface area contributed by atoms with Gasteiger partial charge in [0, 0.05) is 5.56 Å². The number of carbonyl (C=O) groups excluding carboxylic acids is 1. The number of aliphatic hydroxyl groups excluding tert-OH is 1. The Kier molecular flexibility index (Phi) is 4.53. The number of hydrogen-bond acceptors (Lipinski definition) is 2. The summed E-state index contributed by atoms with van der Waals surface area (Å²) in [7, 11) is 0. The maximum atomic E-state index is 12.2. The van der Waals surface area contributed by atoms with Crippen LogP contribution in [-0.4, -0.2) is 17.1 Å². The molecule has 0 aliphatic heterocycles. The van der Waals surface area contributed by atoms with Crippen LogP contribution in [0.5, 0.6) is 0 Å². The zero-order chi connectivity index (χ0) is 14.5. The van der Waals surface area contributed by atoms with Crippen LogP contribution in [0.15, 0.2) is 54.6 Å². The molecule has 2 aromatic rings. The molecule has 3 heteroatoms. The van der Waals surface area contributed by atoms with E-state index in [9.17, 15) is 9.90 Å². The number of nitrogens with one attached hydrogen (secondary N) is 1. The Morgan fingerprint density at radius 3 is 2.30 bits per heavy atom. The summed E-state index contributed by atoms with van der Waals surface area (Å²) in [5.74, 6) is -0.161. The van der Waals surface area contributed by atoms with Gasteiger partial charge < -0.3 is 10.4 Å². The van der Waals surface area contributed by atoms with E-state index in [2.05, 4.69) is 5.32 Å². The molecule has 104 valence electrons. The second-order valence-corrected chi connectivity index (χ2v) is 4.93. The van der Waals surface area contributed by atoms with Crippen molar-refractivity contribution in [1.29, 1.82) is 0 Å². The zero-order valence-corrected chi connectivity index (χ0v) is 11.7. The first-order chi connectivity index (χ1) is 9.59. The van der Waals surface area contributed by atoms with Gasteiger partial charge in [0.2, 0.25) is 0 Å². The average Bonchev–Trinajstić information content (AvgIpc) is 2.47. The van der Waals surface area contributed by atoms with Gasteiger partial charge in [-0.25, -0.2) is 0 Å². The molecule has 0 radical (unpaired) electrons. The van der Waals surface area contributed by atoms with Crippen LogP contribution < -0.4 is 5.32 Å². The summed E-state index contributed by atoms with van der Waals surface area (Å²) < 4.78 is 0. The van der Waals surface area contributed by atoms with Crippen LogP contribution in [-0.2, 0) is 0 Å². The average molecular weight is 269 g/mol. The van der Waals surface area contributed by atoms with Crippen LogP contribution >= 0.6 is 0 Å². The van der Waals surface area contributed by atoms with Crippen molar-refractivity contribution in [3.63, 3.8) is 0 Å². The predicted molar refractivity (Wildman–Crippen MR) is 79.5 cm³/mol. The van der Waals surface area contributed by atoms with Crippen LogP contribution in [0, 0.1) is 6.92 Å². The molecule has 1 amide bonds. The highest BCUT2D eigenvalue weighted by Crippen LogP contribution is 2.17. The lowest BCUT2D eigenvalue weighted by Crippen LogP contribution is -2.37. The third-order valence-electron chi connectivity index (χ3n) is 3.36. The normalized spacial score (nSPS) is 13.6. The molecule has 2 N–H and O–H groups in total. The number of rotatable bonds is 4. The molecule has 0 fully saturated rings. The molecule has 2 atom stereocenters. The number of amides is 1. The maximum Gasteiger partial charge on any atom is 0.251 e. The molecule has 0 heterocycles. The molecule has 2 rings (SSSR count). The quantitative estimate of drug-likeness (QED) is 0.896. The standard InChI is InChI=1S/C17H19NO2/c1-12-8-6-7-11-15(12)17(20)18-13(2)16(19)14-9-4-3-5-10-14/h3-11,13,16,19H,1-2H3,(H,18,20)/t13-,16+/m0/s1. The predicted octanol–water partition coefficient (Wildman–Crippen LogP) is 2.85. The molecule has 2 aromatic carbocycles. The molecular formula is C17H19NO2. The minimum Gasteiger partial charge on any atom is -0.386 e. The largest absolute Gasteiger partial charge is 0.386 e. The highest BCUT2D eigenvalue weighted by molar-refractivity contribution is 5.95. The summed E-state index contributed by atoms with van der Waals surface area (Å²) in [5, 5.41) is 13.1. The Hall–Kier alpha value is -2.13. The van der Waals surface area contributed by atoms with Crippen molar-refractivity contribution in [2.75, 3.05) is 0 Å². The summed E-state index contributed by atoms with van der Waals surface area (Å²) in [6.07, 6.45) is -0.718. The lowest BCUT2D eigenvalue weighted by atomic mass is 10.0. The van der Waals surface area contributed by atoms with E-state index in [0.717, 1.165) is 11.1 Å². The smallest absolute Gasteiger partial charge is 0.251 e. The lowest BCUT2D eigenvalue weighted by Gasteiger charge is -2.21. The van der Waals surface area contributed by atoms with E-state index in [1.54, 1.807) is 13.0 Å². The van der Waals surface area contributed by atoms with Crippen LogP contribution in [0.2, 0.25) is 0 Å². The van der Waals surface area contributed by atoms with Gasteiger partial charge in [-0.05, 0) is 31.0 Å². The van der Waals surface area contributed by atoms with E-state index in [0.29, 0.717) is 5.56 Å². The first-order valence-electron chi connectivity index (χ1n) is 6.69. The fraction of sp³-hybridized carbons (Fsp3) is 0.235. The summed E-state index contributed by atoms with van der Waals surface area (Å²) in [6, 6.07) is 16.4. The molecule has 0 saturated heterocycles. The summed E-state index contributed by atoms with van der Waals surface area (Å²) >= 11 is 0. The van der Waals surface area contributed by atoms with Gasteiger partial charge in [-0.3, -0.25) is 4.79 Å². The number of hydrogen-bond donors (Lipinski definition) is 2. The SMILES string of the molecule is Cc1ccccc1C(=O)N[C@@H](C)[C@@H](O)c1ccccc1. The highest BCUT2D eigenvalue weighted by Gasteiger charge is 2.19. The topological polar surface area (TPSA) is 49.3 Å². The number of benzene rings is 2. The van der Waals surface area contributed by atoms with Crippen LogP contribution in [0.25, 0.3) is 0 Å². The molecule has 0 aliphatic carbocycles. The van der Waals surface area contributed by atoms with Gasteiger partial charge >= 0.3 is 0 Å². The fourth-order valence-corrected chi connectivity index (χ4v) is 2.13. The minimum atomic E-state index is -0.718. The molecule has 20 heavy (non-hydrogen) atoms. The van der Waals surface area contributed by atoms with Crippen molar-refractivity contribution in [2.45, 2.75) is 26.0 Å². The van der Waals surface area contributed by atoms with E-state index in [1.165, 1.54) is 0 Å². The Bertz CT molecular complexity index is 581. The van der Waals surface area contributed by atoms with Gasteiger partial charge in [0.15, 0.2) is 0 Å². The first kappa shape index (κ1) is 14.3. The Morgan fingerprint density at radius 2 is 1.65 bits per heavy atom. The van der Waals surface area contributed by atoms with E-state index < -0.39 is 6.10 Å². The van der Waals surface area contributed by atoms with Crippen molar-refractivity contribution in [3.8, 4) is 0 Å². The fourth-order valence-electron chi connectivity index (χ4n) is 2.13. The number of aryl methyl sites for hydroxylation is 1. The Labute approximate surface area is 119 Å². The van der Waals surface area contributed by atoms with Crippen molar-refractivity contribution >= 4 is 5.91 Å². The summed E-state index contributed by atoms with van der Waals surface area (Å²) in [5.41, 5.74) is 2.36. The Morgan fingerprint density at radius 1 is 1.05 bits per heavy atom. The van der Waals surface area contributed by atoms with Gasteiger partial charge in [0.25, 0.3) is 5.91 Å². The van der Waals surface area contributed by atoms with Gasteiger partial charge in [-0.15, -0.1) is 0 Å². The van der Waals surface area contributed by atoms with Gasteiger partial charge in [0.05, 0.1) is 12.1 Å². The molecule has 0 aliphatic rings. The van der Waals surface area contributed by atoms with E-state index in [1.807, 2.05) is 55.5 Å². The van der Waals surface area contributed by atoms with Crippen molar-refractivity contribution in [3.05, 3.63) is 71.3 Å². The maximum absolute atomic E-state index is 12.2. The third-order valence-corrected chi connectivity index (χ3v) is 3.36. The molecule has 0 saturated carbocycles. The van der Waals surface area contributed by atoms with Crippen molar-refractivity contribution < 1.29 is 9.90 Å². The van der Waals surface area contributed by atoms with E-state index in [-0.39, 0.29) is 11.9 Å². The molecule has 3 nitrogen and oxygen atoms in total. The summed E-state index contributed by atoms with van der Waals surface area (Å²) in [6.45, 7) is 3.70. The second-order valence-electron chi connectivity index (χ2n) is 4.93. The van der Waals surface area contributed by atoms with Gasteiger partial charge in [0.1, 0.15) is 0 Å². The highest BCUT2D eigenvalue weighted by atomic mass is 16.3. The number of aliphatic hydroxyl groups is 1. The van der Waals surface area contributed by atoms with Crippen molar-refractivity contribution in [2.24, 2.45) is 0 Å². The first-order valence-corrected chi connectivity index (χ1v) is 6.69. The second kappa shape index (κ2) is 6.35. The van der Waals surface area contributed by atoms with Crippen LogP contribution in [0.3, 0.4) is 0 Å². The molecule has 0 spiro atoms. The van der Waals surface area contributed by atoms with Crippen molar-refractivity contribution in [1.82, 2.24) is 5.32 Å². The monoisotopic (exact) mass is 269 g/mol. The molecule has 0 bridgehead atoms.